The van der Waals surface area contributed by atoms with E-state index in [4.69, 9.17) is 19.3 Å². The first-order valence-electron chi connectivity index (χ1n) is 8.59. The number of allylic oxidation sites excluding steroid dienone is 1. The van der Waals surface area contributed by atoms with E-state index in [1.807, 2.05) is 13.0 Å². The highest BCUT2D eigenvalue weighted by Gasteiger charge is 2.43. The number of carbonyl (C=O) groups is 1. The number of carbonyl (C=O) groups excluding carboxylic acids is 1. The van der Waals surface area contributed by atoms with Gasteiger partial charge in [-0.15, -0.1) is 0 Å². The summed E-state index contributed by atoms with van der Waals surface area (Å²) in [6.07, 6.45) is 5.51. The Morgan fingerprint density at radius 2 is 2.26 bits per heavy atom. The first kappa shape index (κ1) is 18.2. The topological polar surface area (TPSA) is 77.0 Å². The fraction of sp³-hybridized carbons (Fsp3) is 0.824. The van der Waals surface area contributed by atoms with E-state index in [-0.39, 0.29) is 24.3 Å². The largest absolute Gasteiger partial charge is 0.459 e. The zero-order chi connectivity index (χ0) is 16.7. The van der Waals surface area contributed by atoms with Gasteiger partial charge in [-0.1, -0.05) is 0 Å². The molecule has 2 aliphatic rings. The molecule has 2 N–H and O–H groups in total. The predicted octanol–water partition coefficient (Wildman–Crippen LogP) is 1.44. The van der Waals surface area contributed by atoms with E-state index in [1.165, 1.54) is 12.8 Å². The maximum atomic E-state index is 12.3. The molecule has 23 heavy (non-hydrogen) atoms. The third kappa shape index (κ3) is 5.19. The number of hydrogen-bond donors (Lipinski definition) is 2. The minimum absolute atomic E-state index is 0.167. The lowest BCUT2D eigenvalue weighted by Gasteiger charge is -2.37. The molecule has 6 heteroatoms. The van der Waals surface area contributed by atoms with Crippen LogP contribution in [0.4, 0.5) is 0 Å². The number of rotatable bonds is 10. The van der Waals surface area contributed by atoms with Gasteiger partial charge >= 0.3 is 0 Å². The Morgan fingerprint density at radius 1 is 1.48 bits per heavy atom. The Kier molecular flexibility index (Phi) is 7.33. The molecule has 0 unspecified atom stereocenters. The number of aliphatic hydroxyl groups excluding tert-OH is 1. The summed E-state index contributed by atoms with van der Waals surface area (Å²) in [6.45, 7) is 3.56. The number of aliphatic hydroxyl groups is 1. The molecule has 0 bridgehead atoms. The van der Waals surface area contributed by atoms with Gasteiger partial charge in [0, 0.05) is 32.8 Å². The van der Waals surface area contributed by atoms with E-state index in [2.05, 4.69) is 5.32 Å². The molecule has 0 aromatic rings. The third-order valence-electron chi connectivity index (χ3n) is 4.44. The Labute approximate surface area is 138 Å². The summed E-state index contributed by atoms with van der Waals surface area (Å²) in [5.41, 5.74) is 0. The van der Waals surface area contributed by atoms with E-state index < -0.39 is 6.29 Å². The Morgan fingerprint density at radius 3 is 2.87 bits per heavy atom. The molecule has 1 aliphatic heterocycles. The van der Waals surface area contributed by atoms with E-state index in [0.29, 0.717) is 31.4 Å². The van der Waals surface area contributed by atoms with Crippen LogP contribution in [0.5, 0.6) is 0 Å². The maximum absolute atomic E-state index is 12.3. The van der Waals surface area contributed by atoms with Gasteiger partial charge in [0.1, 0.15) is 0 Å². The van der Waals surface area contributed by atoms with Crippen LogP contribution in [0.2, 0.25) is 0 Å². The summed E-state index contributed by atoms with van der Waals surface area (Å²) in [7, 11) is 1.60. The fourth-order valence-electron chi connectivity index (χ4n) is 3.16. The summed E-state index contributed by atoms with van der Waals surface area (Å²) in [5.74, 6) is 1.24. The van der Waals surface area contributed by atoms with Gasteiger partial charge in [0.15, 0.2) is 5.76 Å². The smallest absolute Gasteiger partial charge is 0.286 e. The second-order valence-corrected chi connectivity index (χ2v) is 6.17. The van der Waals surface area contributed by atoms with Gasteiger partial charge in [-0.3, -0.25) is 4.79 Å². The first-order valence-corrected chi connectivity index (χ1v) is 8.59. The molecule has 0 aromatic carbocycles. The first-order chi connectivity index (χ1) is 11.2. The van der Waals surface area contributed by atoms with Crippen molar-refractivity contribution in [2.24, 2.45) is 17.8 Å². The summed E-state index contributed by atoms with van der Waals surface area (Å²) in [6, 6.07) is 0. The van der Waals surface area contributed by atoms with Gasteiger partial charge in [0.2, 0.25) is 6.29 Å². The van der Waals surface area contributed by atoms with Crippen molar-refractivity contribution in [3.05, 3.63) is 11.8 Å². The molecule has 0 aromatic heterocycles. The molecule has 1 amide bonds. The van der Waals surface area contributed by atoms with Crippen LogP contribution in [0.25, 0.3) is 0 Å². The number of amides is 1. The van der Waals surface area contributed by atoms with Crippen molar-refractivity contribution in [2.75, 3.05) is 33.5 Å². The second-order valence-electron chi connectivity index (χ2n) is 6.17. The van der Waals surface area contributed by atoms with Gasteiger partial charge in [0.25, 0.3) is 5.91 Å². The van der Waals surface area contributed by atoms with Gasteiger partial charge < -0.3 is 24.6 Å². The van der Waals surface area contributed by atoms with Crippen molar-refractivity contribution >= 4 is 5.91 Å². The third-order valence-corrected chi connectivity index (χ3v) is 4.44. The SMILES string of the molecule is CCO[C@@H]1OC(C(=O)NCCOC)=C[C@H](C2CC2)[C@@H]1CCCO. The lowest BCUT2D eigenvalue weighted by molar-refractivity contribution is -0.173. The number of methoxy groups -OCH3 is 1. The van der Waals surface area contributed by atoms with Crippen LogP contribution in [-0.4, -0.2) is 50.8 Å². The molecule has 132 valence electrons. The van der Waals surface area contributed by atoms with Gasteiger partial charge in [-0.25, -0.2) is 0 Å². The summed E-state index contributed by atoms with van der Waals surface area (Å²) in [4.78, 5) is 12.3. The normalized spacial score (nSPS) is 27.3. The van der Waals surface area contributed by atoms with E-state index in [0.717, 1.165) is 12.8 Å². The monoisotopic (exact) mass is 327 g/mol. The van der Waals surface area contributed by atoms with Gasteiger partial charge in [-0.2, -0.15) is 0 Å². The van der Waals surface area contributed by atoms with Crippen molar-refractivity contribution in [3.63, 3.8) is 0 Å². The summed E-state index contributed by atoms with van der Waals surface area (Å²) in [5, 5.41) is 11.9. The molecule has 6 nitrogen and oxygen atoms in total. The zero-order valence-corrected chi connectivity index (χ0v) is 14.1. The molecular formula is C17H29NO5. The molecule has 0 radical (unpaired) electrons. The Balaban J connectivity index is 2.08. The van der Waals surface area contributed by atoms with Crippen LogP contribution in [0.3, 0.4) is 0 Å². The molecule has 1 heterocycles. The molecule has 0 saturated heterocycles. The maximum Gasteiger partial charge on any atom is 0.286 e. The molecule has 1 saturated carbocycles. The van der Waals surface area contributed by atoms with Crippen LogP contribution in [0.1, 0.15) is 32.6 Å². The number of nitrogens with one attached hydrogen (secondary N) is 1. The standard InChI is InChI=1S/C17H29NO5/c1-3-22-17-13(5-4-9-19)14(12-6-7-12)11-15(23-17)16(20)18-8-10-21-2/h11-14,17,19H,3-10H2,1-2H3,(H,18,20)/t13-,14+,17+/m0/s1. The van der Waals surface area contributed by atoms with Gasteiger partial charge in [0.05, 0.1) is 6.61 Å². The van der Waals surface area contributed by atoms with Crippen molar-refractivity contribution in [3.8, 4) is 0 Å². The lowest BCUT2D eigenvalue weighted by Crippen LogP contribution is -2.40. The summed E-state index contributed by atoms with van der Waals surface area (Å²) < 4.78 is 16.5. The minimum Gasteiger partial charge on any atom is -0.459 e. The van der Waals surface area contributed by atoms with E-state index in [1.54, 1.807) is 7.11 Å². The van der Waals surface area contributed by atoms with Crippen LogP contribution >= 0.6 is 0 Å². The molecule has 0 spiro atoms. The molecule has 1 aliphatic carbocycles. The van der Waals surface area contributed by atoms with Crippen LogP contribution < -0.4 is 5.32 Å². The van der Waals surface area contributed by atoms with Crippen molar-refractivity contribution in [2.45, 2.75) is 38.9 Å². The average Bonchev–Trinajstić information content (AvgIpc) is 3.38. The number of hydrogen-bond acceptors (Lipinski definition) is 5. The average molecular weight is 327 g/mol. The van der Waals surface area contributed by atoms with Crippen molar-refractivity contribution in [1.29, 1.82) is 0 Å². The highest BCUT2D eigenvalue weighted by atomic mass is 16.7. The molecule has 3 atom stereocenters. The van der Waals surface area contributed by atoms with Gasteiger partial charge in [-0.05, 0) is 50.5 Å². The quantitative estimate of drug-likeness (QED) is 0.594. The molecule has 1 fully saturated rings. The summed E-state index contributed by atoms with van der Waals surface area (Å²) >= 11 is 0. The highest BCUT2D eigenvalue weighted by Crippen LogP contribution is 2.47. The van der Waals surface area contributed by atoms with Crippen LogP contribution in [0.15, 0.2) is 11.8 Å². The highest BCUT2D eigenvalue weighted by molar-refractivity contribution is 5.91. The lowest BCUT2D eigenvalue weighted by atomic mass is 9.82. The van der Waals surface area contributed by atoms with Crippen LogP contribution in [0, 0.1) is 17.8 Å². The Hall–Kier alpha value is -1.11. The Bertz CT molecular complexity index is 408. The van der Waals surface area contributed by atoms with Crippen LogP contribution in [-0.2, 0) is 19.0 Å². The number of ether oxygens (including phenoxy) is 3. The van der Waals surface area contributed by atoms with E-state index in [9.17, 15) is 4.79 Å². The molecule has 2 rings (SSSR count). The second kappa shape index (κ2) is 9.25. The van der Waals surface area contributed by atoms with Crippen molar-refractivity contribution in [1.82, 2.24) is 5.32 Å². The van der Waals surface area contributed by atoms with Crippen molar-refractivity contribution < 1.29 is 24.1 Å². The van der Waals surface area contributed by atoms with E-state index >= 15 is 0 Å². The minimum atomic E-state index is -0.412. The zero-order valence-electron chi connectivity index (χ0n) is 14.1. The predicted molar refractivity (Wildman–Crippen MR) is 85.5 cm³/mol. The fourth-order valence-corrected chi connectivity index (χ4v) is 3.16. The molecular weight excluding hydrogens is 298 g/mol.